The van der Waals surface area contributed by atoms with Gasteiger partial charge in [0, 0.05) is 12.8 Å². The van der Waals surface area contributed by atoms with Gasteiger partial charge in [-0.25, -0.2) is 9.78 Å². The standard InChI is InChI=1S/C14H20N4O3/c19-13(5-9-1-3-15-4-2-9)18-7-11-10(16-8-17-11)6-12(18)14(20)21/h8-9,12,15H,1-7H2,(H,16,17)(H,20,21). The quantitative estimate of drug-likeness (QED) is 0.736. The monoisotopic (exact) mass is 292 g/mol. The van der Waals surface area contributed by atoms with Crippen LogP contribution in [-0.4, -0.2) is 51.0 Å². The van der Waals surface area contributed by atoms with E-state index in [1.807, 2.05) is 0 Å². The van der Waals surface area contributed by atoms with Gasteiger partial charge in [0.05, 0.1) is 24.3 Å². The molecule has 2 aliphatic heterocycles. The number of aliphatic carboxylic acids is 1. The molecule has 0 bridgehead atoms. The Morgan fingerprint density at radius 1 is 1.38 bits per heavy atom. The molecule has 21 heavy (non-hydrogen) atoms. The number of carboxylic acids is 1. The van der Waals surface area contributed by atoms with Crippen LogP contribution in [0.25, 0.3) is 0 Å². The number of carboxylic acid groups (broad SMARTS) is 1. The smallest absolute Gasteiger partial charge is 0.326 e. The molecule has 3 N–H and O–H groups in total. The summed E-state index contributed by atoms with van der Waals surface area (Å²) < 4.78 is 0. The van der Waals surface area contributed by atoms with E-state index in [0.717, 1.165) is 37.3 Å². The Hall–Kier alpha value is -1.89. The number of imidazole rings is 1. The Balaban J connectivity index is 1.72. The molecule has 3 rings (SSSR count). The molecule has 1 amide bonds. The molecule has 0 saturated carbocycles. The Bertz CT molecular complexity index is 536. The molecule has 0 aromatic carbocycles. The zero-order valence-corrected chi connectivity index (χ0v) is 11.8. The molecule has 1 unspecified atom stereocenters. The Morgan fingerprint density at radius 2 is 2.14 bits per heavy atom. The number of piperidine rings is 1. The molecule has 1 saturated heterocycles. The number of H-pyrrole nitrogens is 1. The van der Waals surface area contributed by atoms with E-state index in [1.54, 1.807) is 6.33 Å². The average molecular weight is 292 g/mol. The normalized spacial score (nSPS) is 22.9. The second-order valence-electron chi connectivity index (χ2n) is 5.81. The molecular weight excluding hydrogens is 272 g/mol. The summed E-state index contributed by atoms with van der Waals surface area (Å²) in [4.78, 5) is 32.6. The first kappa shape index (κ1) is 14.1. The van der Waals surface area contributed by atoms with Gasteiger partial charge >= 0.3 is 5.97 Å². The Labute approximate surface area is 122 Å². The van der Waals surface area contributed by atoms with Crippen molar-refractivity contribution >= 4 is 11.9 Å². The molecule has 0 aliphatic carbocycles. The predicted molar refractivity (Wildman–Crippen MR) is 74.5 cm³/mol. The van der Waals surface area contributed by atoms with E-state index in [1.165, 1.54) is 4.90 Å². The second-order valence-corrected chi connectivity index (χ2v) is 5.81. The van der Waals surface area contributed by atoms with Crippen molar-refractivity contribution in [2.24, 2.45) is 5.92 Å². The molecule has 7 nitrogen and oxygen atoms in total. The van der Waals surface area contributed by atoms with Gasteiger partial charge in [-0.3, -0.25) is 4.79 Å². The highest BCUT2D eigenvalue weighted by Gasteiger charge is 2.36. The van der Waals surface area contributed by atoms with Crippen molar-refractivity contribution in [1.82, 2.24) is 20.2 Å². The molecule has 0 spiro atoms. The molecule has 0 radical (unpaired) electrons. The van der Waals surface area contributed by atoms with Gasteiger partial charge < -0.3 is 20.3 Å². The summed E-state index contributed by atoms with van der Waals surface area (Å²) in [7, 11) is 0. The molecule has 3 heterocycles. The maximum absolute atomic E-state index is 12.5. The summed E-state index contributed by atoms with van der Waals surface area (Å²) in [5.74, 6) is -0.659. The summed E-state index contributed by atoms with van der Waals surface area (Å²) >= 11 is 0. The number of carbonyl (C=O) groups excluding carboxylic acids is 1. The van der Waals surface area contributed by atoms with Gasteiger partial charge in [0.2, 0.25) is 5.91 Å². The zero-order chi connectivity index (χ0) is 14.8. The van der Waals surface area contributed by atoms with Crippen molar-refractivity contribution in [1.29, 1.82) is 0 Å². The summed E-state index contributed by atoms with van der Waals surface area (Å²) in [6, 6.07) is -0.796. The first-order chi connectivity index (χ1) is 10.1. The fourth-order valence-electron chi connectivity index (χ4n) is 3.17. The third-order valence-electron chi connectivity index (χ3n) is 4.43. The molecule has 7 heteroatoms. The average Bonchev–Trinajstić information content (AvgIpc) is 2.94. The first-order valence-electron chi connectivity index (χ1n) is 7.39. The molecule has 1 aromatic heterocycles. The van der Waals surface area contributed by atoms with Crippen molar-refractivity contribution < 1.29 is 14.7 Å². The van der Waals surface area contributed by atoms with E-state index in [0.29, 0.717) is 18.9 Å². The minimum Gasteiger partial charge on any atom is -0.480 e. The van der Waals surface area contributed by atoms with Crippen LogP contribution in [0.3, 0.4) is 0 Å². The van der Waals surface area contributed by atoms with Crippen molar-refractivity contribution in [3.63, 3.8) is 0 Å². The van der Waals surface area contributed by atoms with Crippen LogP contribution < -0.4 is 5.32 Å². The third kappa shape index (κ3) is 2.92. The number of hydrogen-bond donors (Lipinski definition) is 3. The summed E-state index contributed by atoms with van der Waals surface area (Å²) in [5.41, 5.74) is 1.61. The summed E-state index contributed by atoms with van der Waals surface area (Å²) in [6.07, 6.45) is 4.24. The van der Waals surface area contributed by atoms with Gasteiger partial charge in [0.25, 0.3) is 0 Å². The SMILES string of the molecule is O=C(O)C1Cc2nc[nH]c2CN1C(=O)CC1CCNCC1. The fourth-order valence-corrected chi connectivity index (χ4v) is 3.17. The van der Waals surface area contributed by atoms with Crippen LogP contribution in [0.15, 0.2) is 6.33 Å². The minimum atomic E-state index is -0.956. The number of fused-ring (bicyclic) bond motifs is 1. The lowest BCUT2D eigenvalue weighted by atomic mass is 9.93. The van der Waals surface area contributed by atoms with Crippen LogP contribution >= 0.6 is 0 Å². The van der Waals surface area contributed by atoms with Crippen LogP contribution in [0.5, 0.6) is 0 Å². The molecular formula is C14H20N4O3. The van der Waals surface area contributed by atoms with Gasteiger partial charge in [0.1, 0.15) is 6.04 Å². The number of aromatic amines is 1. The molecule has 114 valence electrons. The number of aromatic nitrogens is 2. The van der Waals surface area contributed by atoms with Crippen LogP contribution in [0.4, 0.5) is 0 Å². The minimum absolute atomic E-state index is 0.0606. The lowest BCUT2D eigenvalue weighted by Gasteiger charge is -2.34. The highest BCUT2D eigenvalue weighted by molar-refractivity contribution is 5.84. The van der Waals surface area contributed by atoms with Gasteiger partial charge in [-0.1, -0.05) is 0 Å². The van der Waals surface area contributed by atoms with Crippen molar-refractivity contribution in [2.45, 2.75) is 38.3 Å². The van der Waals surface area contributed by atoms with Crippen LogP contribution in [0, 0.1) is 5.92 Å². The van der Waals surface area contributed by atoms with E-state index < -0.39 is 12.0 Å². The molecule has 1 fully saturated rings. The van der Waals surface area contributed by atoms with Gasteiger partial charge in [-0.15, -0.1) is 0 Å². The maximum atomic E-state index is 12.5. The number of carbonyl (C=O) groups is 2. The number of rotatable bonds is 3. The van der Waals surface area contributed by atoms with Crippen molar-refractivity contribution in [2.75, 3.05) is 13.1 Å². The molecule has 1 aromatic rings. The molecule has 1 atom stereocenters. The fraction of sp³-hybridized carbons (Fsp3) is 0.643. The predicted octanol–water partition coefficient (Wildman–Crippen LogP) is 0.137. The van der Waals surface area contributed by atoms with Crippen LogP contribution in [-0.2, 0) is 22.6 Å². The maximum Gasteiger partial charge on any atom is 0.326 e. The topological polar surface area (TPSA) is 98.3 Å². The molecule has 2 aliphatic rings. The van der Waals surface area contributed by atoms with Gasteiger partial charge in [-0.2, -0.15) is 0 Å². The Morgan fingerprint density at radius 3 is 2.86 bits per heavy atom. The Kier molecular flexibility index (Phi) is 3.92. The number of nitrogens with zero attached hydrogens (tertiary/aromatic N) is 2. The van der Waals surface area contributed by atoms with Gasteiger partial charge in [0.15, 0.2) is 0 Å². The van der Waals surface area contributed by atoms with E-state index in [9.17, 15) is 14.7 Å². The van der Waals surface area contributed by atoms with Crippen LogP contribution in [0.2, 0.25) is 0 Å². The lowest BCUT2D eigenvalue weighted by molar-refractivity contribution is -0.152. The summed E-state index contributed by atoms with van der Waals surface area (Å²) in [5, 5.41) is 12.7. The zero-order valence-electron chi connectivity index (χ0n) is 11.8. The van der Waals surface area contributed by atoms with Gasteiger partial charge in [-0.05, 0) is 31.8 Å². The van der Waals surface area contributed by atoms with E-state index in [4.69, 9.17) is 0 Å². The van der Waals surface area contributed by atoms with Crippen molar-refractivity contribution in [3.8, 4) is 0 Å². The van der Waals surface area contributed by atoms with Crippen molar-refractivity contribution in [3.05, 3.63) is 17.7 Å². The van der Waals surface area contributed by atoms with E-state index >= 15 is 0 Å². The third-order valence-corrected chi connectivity index (χ3v) is 4.43. The lowest BCUT2D eigenvalue weighted by Crippen LogP contribution is -2.49. The number of amides is 1. The van der Waals surface area contributed by atoms with Crippen LogP contribution in [0.1, 0.15) is 30.7 Å². The number of nitrogens with one attached hydrogen (secondary N) is 2. The second kappa shape index (κ2) is 5.85. The van der Waals surface area contributed by atoms with E-state index in [2.05, 4.69) is 15.3 Å². The first-order valence-corrected chi connectivity index (χ1v) is 7.39. The highest BCUT2D eigenvalue weighted by Crippen LogP contribution is 2.24. The number of hydrogen-bond acceptors (Lipinski definition) is 4. The summed E-state index contributed by atoms with van der Waals surface area (Å²) in [6.45, 7) is 2.19. The highest BCUT2D eigenvalue weighted by atomic mass is 16.4. The largest absolute Gasteiger partial charge is 0.480 e. The van der Waals surface area contributed by atoms with E-state index in [-0.39, 0.29) is 12.3 Å².